The van der Waals surface area contributed by atoms with E-state index in [-0.39, 0.29) is 0 Å². The summed E-state index contributed by atoms with van der Waals surface area (Å²) in [4.78, 5) is 11.6. The Bertz CT molecular complexity index is 413. The van der Waals surface area contributed by atoms with Gasteiger partial charge in [0.25, 0.3) is 0 Å². The lowest BCUT2D eigenvalue weighted by Gasteiger charge is -2.33. The van der Waals surface area contributed by atoms with E-state index in [1.807, 2.05) is 6.92 Å². The van der Waals surface area contributed by atoms with Crippen LogP contribution in [0, 0.1) is 12.8 Å². The molecule has 0 atom stereocenters. The molecule has 0 radical (unpaired) electrons. The molecule has 0 fully saturated rings. The Morgan fingerprint density at radius 3 is 2.33 bits per heavy atom. The van der Waals surface area contributed by atoms with E-state index in [0.717, 1.165) is 49.8 Å². The average Bonchev–Trinajstić information content (AvgIpc) is 2.44. The maximum absolute atomic E-state index is 4.69. The van der Waals surface area contributed by atoms with Crippen molar-refractivity contribution in [3.63, 3.8) is 0 Å². The second-order valence-electron chi connectivity index (χ2n) is 6.10. The third kappa shape index (κ3) is 5.52. The molecule has 0 saturated heterocycles. The van der Waals surface area contributed by atoms with Crippen molar-refractivity contribution in [3.8, 4) is 0 Å². The second-order valence-corrected chi connectivity index (χ2v) is 6.10. The van der Waals surface area contributed by atoms with E-state index in [4.69, 9.17) is 0 Å². The van der Waals surface area contributed by atoms with Gasteiger partial charge in [-0.1, -0.05) is 34.6 Å². The van der Waals surface area contributed by atoms with Crippen LogP contribution in [0.3, 0.4) is 0 Å². The number of aromatic nitrogens is 2. The number of nitrogens with one attached hydrogen (secondary N) is 1. The Balaban J connectivity index is 3.07. The van der Waals surface area contributed by atoms with Gasteiger partial charge in [-0.25, -0.2) is 9.97 Å². The minimum Gasteiger partial charge on any atom is -0.370 e. The molecule has 4 heteroatoms. The fraction of sp³-hybridized carbons (Fsp3) is 0.765. The van der Waals surface area contributed by atoms with Gasteiger partial charge in [0.1, 0.15) is 17.5 Å². The molecule has 4 nitrogen and oxygen atoms in total. The van der Waals surface area contributed by atoms with Gasteiger partial charge in [0.05, 0.1) is 0 Å². The topological polar surface area (TPSA) is 41.0 Å². The predicted octanol–water partition coefficient (Wildman–Crippen LogP) is 4.26. The molecule has 0 aliphatic carbocycles. The molecule has 0 amide bonds. The van der Waals surface area contributed by atoms with Gasteiger partial charge >= 0.3 is 0 Å². The fourth-order valence-corrected chi connectivity index (χ4v) is 2.60. The van der Waals surface area contributed by atoms with Crippen molar-refractivity contribution < 1.29 is 0 Å². The first-order chi connectivity index (χ1) is 10.0. The van der Waals surface area contributed by atoms with Gasteiger partial charge in [0.15, 0.2) is 0 Å². The van der Waals surface area contributed by atoms with Crippen LogP contribution in [0.15, 0.2) is 6.07 Å². The number of hydrogen-bond donors (Lipinski definition) is 1. The van der Waals surface area contributed by atoms with Gasteiger partial charge in [-0.15, -0.1) is 0 Å². The molecule has 0 saturated carbocycles. The van der Waals surface area contributed by atoms with Crippen molar-refractivity contribution in [1.82, 2.24) is 9.97 Å². The fourth-order valence-electron chi connectivity index (χ4n) is 2.60. The summed E-state index contributed by atoms with van der Waals surface area (Å²) in [5, 5.41) is 3.38. The SMILES string of the molecule is CCCNc1cc(N(CC(C)C)C(CC)CC)nc(C)n1. The summed E-state index contributed by atoms with van der Waals surface area (Å²) in [7, 11) is 0. The van der Waals surface area contributed by atoms with Crippen LogP contribution in [0.1, 0.15) is 59.7 Å². The van der Waals surface area contributed by atoms with Crippen molar-refractivity contribution in [1.29, 1.82) is 0 Å². The second kappa shape index (κ2) is 8.85. The molecule has 1 heterocycles. The van der Waals surface area contributed by atoms with E-state index in [1.54, 1.807) is 0 Å². The zero-order chi connectivity index (χ0) is 15.8. The number of rotatable bonds is 9. The van der Waals surface area contributed by atoms with E-state index >= 15 is 0 Å². The van der Waals surface area contributed by atoms with Gasteiger partial charge < -0.3 is 10.2 Å². The molecule has 1 aromatic rings. The maximum Gasteiger partial charge on any atom is 0.134 e. The first kappa shape index (κ1) is 17.7. The summed E-state index contributed by atoms with van der Waals surface area (Å²) < 4.78 is 0. The Labute approximate surface area is 130 Å². The van der Waals surface area contributed by atoms with E-state index in [9.17, 15) is 0 Å². The largest absolute Gasteiger partial charge is 0.370 e. The summed E-state index contributed by atoms with van der Waals surface area (Å²) >= 11 is 0. The minimum absolute atomic E-state index is 0.542. The lowest BCUT2D eigenvalue weighted by atomic mass is 10.1. The van der Waals surface area contributed by atoms with Gasteiger partial charge in [-0.2, -0.15) is 0 Å². The molecule has 0 aliphatic heterocycles. The Kier molecular flexibility index (Phi) is 7.48. The molecular weight excluding hydrogens is 260 g/mol. The van der Waals surface area contributed by atoms with Crippen LogP contribution in [0.2, 0.25) is 0 Å². The Hall–Kier alpha value is -1.32. The Morgan fingerprint density at radius 2 is 1.81 bits per heavy atom. The molecule has 120 valence electrons. The molecule has 21 heavy (non-hydrogen) atoms. The monoisotopic (exact) mass is 292 g/mol. The third-order valence-electron chi connectivity index (χ3n) is 3.62. The molecule has 0 bridgehead atoms. The van der Waals surface area contributed by atoms with Crippen molar-refractivity contribution in [2.45, 2.75) is 66.8 Å². The number of aryl methyl sites for hydroxylation is 1. The standard InChI is InChI=1S/C17H32N4/c1-7-10-18-16-11-17(20-14(6)19-16)21(12-13(4)5)15(8-2)9-3/h11,13,15H,7-10,12H2,1-6H3,(H,18,19,20). The van der Waals surface area contributed by atoms with Crippen molar-refractivity contribution >= 4 is 11.6 Å². The first-order valence-electron chi connectivity index (χ1n) is 8.37. The lowest BCUT2D eigenvalue weighted by Crippen LogP contribution is -2.38. The normalized spacial score (nSPS) is 11.2. The zero-order valence-corrected chi connectivity index (χ0v) is 14.6. The highest BCUT2D eigenvalue weighted by Gasteiger charge is 2.19. The van der Waals surface area contributed by atoms with E-state index < -0.39 is 0 Å². The van der Waals surface area contributed by atoms with Gasteiger partial charge in [-0.05, 0) is 32.1 Å². The van der Waals surface area contributed by atoms with Gasteiger partial charge in [-0.3, -0.25) is 0 Å². The average molecular weight is 292 g/mol. The van der Waals surface area contributed by atoms with Crippen LogP contribution in [0.4, 0.5) is 11.6 Å². The highest BCUT2D eigenvalue weighted by atomic mass is 15.2. The molecular formula is C17H32N4. The van der Waals surface area contributed by atoms with Crippen LogP contribution in [0.5, 0.6) is 0 Å². The van der Waals surface area contributed by atoms with Crippen LogP contribution < -0.4 is 10.2 Å². The van der Waals surface area contributed by atoms with Crippen molar-refractivity contribution in [2.24, 2.45) is 5.92 Å². The molecule has 0 unspecified atom stereocenters. The molecule has 0 spiro atoms. The summed E-state index contributed by atoms with van der Waals surface area (Å²) in [6.45, 7) is 15.2. The minimum atomic E-state index is 0.542. The van der Waals surface area contributed by atoms with Gasteiger partial charge in [0.2, 0.25) is 0 Å². The number of anilines is 2. The summed E-state index contributed by atoms with van der Waals surface area (Å²) in [6.07, 6.45) is 3.38. The van der Waals surface area contributed by atoms with Crippen LogP contribution in [-0.2, 0) is 0 Å². The molecule has 0 aliphatic rings. The Morgan fingerprint density at radius 1 is 1.14 bits per heavy atom. The van der Waals surface area contributed by atoms with E-state index in [0.29, 0.717) is 12.0 Å². The van der Waals surface area contributed by atoms with E-state index in [1.165, 1.54) is 0 Å². The van der Waals surface area contributed by atoms with Crippen molar-refractivity contribution in [2.75, 3.05) is 23.3 Å². The quantitative estimate of drug-likeness (QED) is 0.738. The molecule has 0 aromatic carbocycles. The maximum atomic E-state index is 4.69. The lowest BCUT2D eigenvalue weighted by molar-refractivity contribution is 0.502. The van der Waals surface area contributed by atoms with E-state index in [2.05, 4.69) is 60.9 Å². The van der Waals surface area contributed by atoms with Crippen LogP contribution >= 0.6 is 0 Å². The molecule has 1 N–H and O–H groups in total. The number of nitrogens with zero attached hydrogens (tertiary/aromatic N) is 3. The first-order valence-corrected chi connectivity index (χ1v) is 8.37. The van der Waals surface area contributed by atoms with Gasteiger partial charge in [0, 0.05) is 25.2 Å². The highest BCUT2D eigenvalue weighted by Crippen LogP contribution is 2.22. The third-order valence-corrected chi connectivity index (χ3v) is 3.62. The predicted molar refractivity (Wildman–Crippen MR) is 92.1 cm³/mol. The highest BCUT2D eigenvalue weighted by molar-refractivity contribution is 5.50. The molecule has 1 rings (SSSR count). The number of hydrogen-bond acceptors (Lipinski definition) is 4. The zero-order valence-electron chi connectivity index (χ0n) is 14.6. The molecule has 1 aromatic heterocycles. The van der Waals surface area contributed by atoms with Crippen LogP contribution in [0.25, 0.3) is 0 Å². The summed E-state index contributed by atoms with van der Waals surface area (Å²) in [6, 6.07) is 2.64. The summed E-state index contributed by atoms with van der Waals surface area (Å²) in [5.41, 5.74) is 0. The summed E-state index contributed by atoms with van der Waals surface area (Å²) in [5.74, 6) is 3.46. The smallest absolute Gasteiger partial charge is 0.134 e. The van der Waals surface area contributed by atoms with Crippen LogP contribution in [-0.4, -0.2) is 29.1 Å². The van der Waals surface area contributed by atoms with Crippen molar-refractivity contribution in [3.05, 3.63) is 11.9 Å².